The molecule has 0 radical (unpaired) electrons. The van der Waals surface area contributed by atoms with E-state index in [-0.39, 0.29) is 11.5 Å². The van der Waals surface area contributed by atoms with E-state index in [1.807, 2.05) is 25.1 Å². The van der Waals surface area contributed by atoms with Gasteiger partial charge in [-0.05, 0) is 42.3 Å². The Bertz CT molecular complexity index is 559. The summed E-state index contributed by atoms with van der Waals surface area (Å²) >= 11 is 0. The van der Waals surface area contributed by atoms with Crippen LogP contribution in [0.15, 0.2) is 24.3 Å². The Hall–Kier alpha value is -1.70. The van der Waals surface area contributed by atoms with Crippen molar-refractivity contribution in [2.45, 2.75) is 39.5 Å². The maximum Gasteiger partial charge on any atom is 0.130 e. The van der Waals surface area contributed by atoms with Crippen LogP contribution in [0.5, 0.6) is 11.5 Å². The molecule has 0 aliphatic carbocycles. The average molecular weight is 244 g/mol. The Morgan fingerprint density at radius 1 is 1.11 bits per heavy atom. The highest BCUT2D eigenvalue weighted by Crippen LogP contribution is 2.37. The third-order valence-electron chi connectivity index (χ3n) is 3.44. The van der Waals surface area contributed by atoms with Gasteiger partial charge in [0.2, 0.25) is 0 Å². The van der Waals surface area contributed by atoms with E-state index in [9.17, 15) is 10.2 Å². The van der Waals surface area contributed by atoms with Gasteiger partial charge in [0.25, 0.3) is 0 Å². The fourth-order valence-electron chi connectivity index (χ4n) is 2.43. The highest BCUT2D eigenvalue weighted by molar-refractivity contribution is 5.96. The summed E-state index contributed by atoms with van der Waals surface area (Å²) in [6.07, 6.45) is 4.54. The molecule has 0 aliphatic heterocycles. The number of hydrogen-bond donors (Lipinski definition) is 2. The third-order valence-corrected chi connectivity index (χ3v) is 3.44. The van der Waals surface area contributed by atoms with E-state index in [1.165, 1.54) is 18.4 Å². The van der Waals surface area contributed by atoms with Gasteiger partial charge >= 0.3 is 0 Å². The molecule has 0 aliphatic rings. The van der Waals surface area contributed by atoms with Crippen LogP contribution in [-0.4, -0.2) is 10.2 Å². The van der Waals surface area contributed by atoms with Crippen molar-refractivity contribution in [3.63, 3.8) is 0 Å². The molecule has 0 bridgehead atoms. The molecular weight excluding hydrogens is 224 g/mol. The first-order valence-corrected chi connectivity index (χ1v) is 6.58. The summed E-state index contributed by atoms with van der Waals surface area (Å²) in [5.74, 6) is 0.354. The molecule has 2 rings (SSSR count). The predicted octanol–water partition coefficient (Wildman–Crippen LogP) is 4.29. The number of fused-ring (bicyclic) bond motifs is 1. The molecule has 2 heteroatoms. The van der Waals surface area contributed by atoms with Crippen LogP contribution in [0.4, 0.5) is 0 Å². The standard InChI is InChI=1S/C16H20O2/c1-3-4-5-7-12-10-11(2)16(18)15-13(12)8-6-9-14(15)17/h6,8-10,17-18H,3-5,7H2,1-2H3. The Morgan fingerprint density at radius 3 is 2.61 bits per heavy atom. The number of phenols is 2. The zero-order valence-corrected chi connectivity index (χ0v) is 11.0. The minimum Gasteiger partial charge on any atom is -0.507 e. The molecule has 2 nitrogen and oxygen atoms in total. The highest BCUT2D eigenvalue weighted by Gasteiger charge is 2.11. The maximum atomic E-state index is 10.1. The maximum absolute atomic E-state index is 10.1. The van der Waals surface area contributed by atoms with Crippen LogP contribution in [0.1, 0.15) is 37.3 Å². The topological polar surface area (TPSA) is 40.5 Å². The fourth-order valence-corrected chi connectivity index (χ4v) is 2.43. The summed E-state index contributed by atoms with van der Waals surface area (Å²) in [6.45, 7) is 4.07. The fraction of sp³-hybridized carbons (Fsp3) is 0.375. The first kappa shape index (κ1) is 12.7. The lowest BCUT2D eigenvalue weighted by Crippen LogP contribution is -1.91. The van der Waals surface area contributed by atoms with Crippen molar-refractivity contribution in [3.8, 4) is 11.5 Å². The van der Waals surface area contributed by atoms with E-state index >= 15 is 0 Å². The van der Waals surface area contributed by atoms with Crippen LogP contribution < -0.4 is 0 Å². The molecule has 18 heavy (non-hydrogen) atoms. The van der Waals surface area contributed by atoms with Gasteiger partial charge in [0.1, 0.15) is 11.5 Å². The van der Waals surface area contributed by atoms with Crippen LogP contribution >= 0.6 is 0 Å². The van der Waals surface area contributed by atoms with Crippen molar-refractivity contribution < 1.29 is 10.2 Å². The third kappa shape index (κ3) is 2.28. The summed E-state index contributed by atoms with van der Waals surface area (Å²) in [5, 5.41) is 21.5. The Kier molecular flexibility index (Phi) is 3.75. The zero-order valence-electron chi connectivity index (χ0n) is 11.0. The van der Waals surface area contributed by atoms with Gasteiger partial charge in [-0.3, -0.25) is 0 Å². The molecule has 2 N–H and O–H groups in total. The Balaban J connectivity index is 2.53. The summed E-state index contributed by atoms with van der Waals surface area (Å²) < 4.78 is 0. The largest absolute Gasteiger partial charge is 0.507 e. The molecule has 0 unspecified atom stereocenters. The first-order chi connectivity index (χ1) is 8.65. The number of rotatable bonds is 4. The molecule has 0 fully saturated rings. The van der Waals surface area contributed by atoms with Crippen molar-refractivity contribution in [1.82, 2.24) is 0 Å². The lowest BCUT2D eigenvalue weighted by molar-refractivity contribution is 0.461. The molecule has 2 aromatic rings. The van der Waals surface area contributed by atoms with Crippen LogP contribution in [0.25, 0.3) is 10.8 Å². The van der Waals surface area contributed by atoms with E-state index in [0.29, 0.717) is 5.39 Å². The summed E-state index contributed by atoms with van der Waals surface area (Å²) in [6, 6.07) is 7.45. The number of benzene rings is 2. The minimum atomic E-state index is 0.158. The van der Waals surface area contributed by atoms with Gasteiger partial charge in [-0.1, -0.05) is 38.0 Å². The average Bonchev–Trinajstić information content (AvgIpc) is 2.35. The first-order valence-electron chi connectivity index (χ1n) is 6.58. The smallest absolute Gasteiger partial charge is 0.130 e. The summed E-state index contributed by atoms with van der Waals surface area (Å²) in [4.78, 5) is 0. The Labute approximate surface area is 108 Å². The van der Waals surface area contributed by atoms with E-state index in [1.54, 1.807) is 6.07 Å². The van der Waals surface area contributed by atoms with Gasteiger partial charge in [-0.2, -0.15) is 0 Å². The van der Waals surface area contributed by atoms with Gasteiger partial charge < -0.3 is 10.2 Å². The molecule has 0 spiro atoms. The Morgan fingerprint density at radius 2 is 1.89 bits per heavy atom. The van der Waals surface area contributed by atoms with Gasteiger partial charge in [0, 0.05) is 0 Å². The molecule has 0 saturated heterocycles. The normalized spacial score (nSPS) is 11.0. The van der Waals surface area contributed by atoms with Crippen molar-refractivity contribution >= 4 is 10.8 Å². The molecule has 0 amide bonds. The number of hydrogen-bond acceptors (Lipinski definition) is 2. The predicted molar refractivity (Wildman–Crippen MR) is 75.2 cm³/mol. The highest BCUT2D eigenvalue weighted by atomic mass is 16.3. The molecular formula is C16H20O2. The van der Waals surface area contributed by atoms with E-state index in [0.717, 1.165) is 23.8 Å². The molecule has 0 heterocycles. The van der Waals surface area contributed by atoms with Crippen molar-refractivity contribution in [2.24, 2.45) is 0 Å². The minimum absolute atomic E-state index is 0.158. The van der Waals surface area contributed by atoms with Crippen molar-refractivity contribution in [2.75, 3.05) is 0 Å². The lowest BCUT2D eigenvalue weighted by atomic mass is 9.96. The molecule has 96 valence electrons. The second kappa shape index (κ2) is 5.30. The molecule has 0 aromatic heterocycles. The number of unbranched alkanes of at least 4 members (excludes halogenated alkanes) is 2. The van der Waals surface area contributed by atoms with Gasteiger partial charge in [-0.25, -0.2) is 0 Å². The monoisotopic (exact) mass is 244 g/mol. The van der Waals surface area contributed by atoms with Gasteiger partial charge in [0.05, 0.1) is 5.39 Å². The van der Waals surface area contributed by atoms with Crippen LogP contribution in [0, 0.1) is 6.92 Å². The van der Waals surface area contributed by atoms with E-state index in [2.05, 4.69) is 6.92 Å². The quantitative estimate of drug-likeness (QED) is 0.787. The SMILES string of the molecule is CCCCCc1cc(C)c(O)c2c(O)cccc12. The van der Waals surface area contributed by atoms with Gasteiger partial charge in [-0.15, -0.1) is 0 Å². The molecule has 0 saturated carbocycles. The second-order valence-corrected chi connectivity index (χ2v) is 4.86. The van der Waals surface area contributed by atoms with Crippen LogP contribution in [0.3, 0.4) is 0 Å². The van der Waals surface area contributed by atoms with Crippen LogP contribution in [0.2, 0.25) is 0 Å². The van der Waals surface area contributed by atoms with Crippen molar-refractivity contribution in [1.29, 1.82) is 0 Å². The van der Waals surface area contributed by atoms with Crippen LogP contribution in [-0.2, 0) is 6.42 Å². The van der Waals surface area contributed by atoms with Crippen molar-refractivity contribution in [3.05, 3.63) is 35.4 Å². The van der Waals surface area contributed by atoms with E-state index < -0.39 is 0 Å². The van der Waals surface area contributed by atoms with Gasteiger partial charge in [0.15, 0.2) is 0 Å². The second-order valence-electron chi connectivity index (χ2n) is 4.86. The molecule has 0 atom stereocenters. The number of aryl methyl sites for hydroxylation is 2. The zero-order chi connectivity index (χ0) is 13.1. The number of phenolic OH excluding ortho intramolecular Hbond substituents is 2. The molecule has 2 aromatic carbocycles. The lowest BCUT2D eigenvalue weighted by Gasteiger charge is -2.12. The summed E-state index contributed by atoms with van der Waals surface area (Å²) in [5.41, 5.74) is 2.04. The number of aromatic hydroxyl groups is 2. The van der Waals surface area contributed by atoms with E-state index in [4.69, 9.17) is 0 Å². The summed E-state index contributed by atoms with van der Waals surface area (Å²) in [7, 11) is 0.